The Hall–Kier alpha value is -2.96. The molecule has 0 atom stereocenters. The summed E-state index contributed by atoms with van der Waals surface area (Å²) in [6.45, 7) is 2.48. The molecule has 2 aromatic rings. The van der Waals surface area contributed by atoms with Crippen LogP contribution in [0.3, 0.4) is 0 Å². The van der Waals surface area contributed by atoms with E-state index in [2.05, 4.69) is 10.1 Å². The number of nitrogens with zero attached hydrogens (tertiary/aromatic N) is 1. The quantitative estimate of drug-likeness (QED) is 0.831. The van der Waals surface area contributed by atoms with Gasteiger partial charge >= 0.3 is 6.61 Å². The molecule has 0 spiro atoms. The molecule has 0 aliphatic carbocycles. The average Bonchev–Trinajstić information content (AvgIpc) is 2.57. The van der Waals surface area contributed by atoms with Crippen molar-refractivity contribution >= 4 is 17.5 Å². The van der Waals surface area contributed by atoms with Crippen molar-refractivity contribution in [1.82, 2.24) is 4.90 Å². The predicted molar refractivity (Wildman–Crippen MR) is 99.3 cm³/mol. The number of carbonyl (C=O) groups excluding carboxylic acids is 2. The molecule has 27 heavy (non-hydrogen) atoms. The van der Waals surface area contributed by atoms with Gasteiger partial charge in [0.05, 0.1) is 12.1 Å². The van der Waals surface area contributed by atoms with Crippen LogP contribution in [0.1, 0.15) is 27.0 Å². The van der Waals surface area contributed by atoms with Gasteiger partial charge in [0.25, 0.3) is 5.91 Å². The maximum Gasteiger partial charge on any atom is 0.387 e. The van der Waals surface area contributed by atoms with Crippen LogP contribution in [0.4, 0.5) is 14.5 Å². The molecule has 2 rings (SSSR count). The van der Waals surface area contributed by atoms with E-state index in [1.807, 2.05) is 32.9 Å². The smallest absolute Gasteiger partial charge is 0.387 e. The summed E-state index contributed by atoms with van der Waals surface area (Å²) in [5.74, 6) is -1.19. The van der Waals surface area contributed by atoms with Gasteiger partial charge in [0.2, 0.25) is 5.91 Å². The first kappa shape index (κ1) is 20.4. The number of likely N-dealkylation sites (N-methyl/N-ethyl adjacent to an activating group) is 1. The van der Waals surface area contributed by atoms with Crippen molar-refractivity contribution in [3.05, 3.63) is 58.7 Å². The van der Waals surface area contributed by atoms with Gasteiger partial charge in [0.15, 0.2) is 0 Å². The van der Waals surface area contributed by atoms with E-state index in [0.29, 0.717) is 5.69 Å². The largest absolute Gasteiger partial charge is 0.434 e. The molecule has 0 unspecified atom stereocenters. The summed E-state index contributed by atoms with van der Waals surface area (Å²) in [5.41, 5.74) is 3.60. The van der Waals surface area contributed by atoms with Gasteiger partial charge in [-0.15, -0.1) is 0 Å². The van der Waals surface area contributed by atoms with Crippen LogP contribution in [-0.4, -0.2) is 36.9 Å². The van der Waals surface area contributed by atoms with Crippen LogP contribution < -0.4 is 10.1 Å². The molecule has 2 aromatic carbocycles. The fraction of sp³-hybridized carbons (Fsp3) is 0.300. The van der Waals surface area contributed by atoms with Crippen LogP contribution >= 0.6 is 0 Å². The van der Waals surface area contributed by atoms with Gasteiger partial charge < -0.3 is 15.0 Å². The molecule has 5 nitrogen and oxygen atoms in total. The Morgan fingerprint density at radius 2 is 1.70 bits per heavy atom. The SMILES string of the molecule is Cc1cc(C)c(NC(=O)CN(C)C(=O)c2ccccc2OC(F)F)c(C)c1. The minimum atomic E-state index is -3.04. The molecule has 0 fully saturated rings. The highest BCUT2D eigenvalue weighted by Gasteiger charge is 2.20. The Morgan fingerprint density at radius 1 is 1.11 bits per heavy atom. The number of amides is 2. The third kappa shape index (κ3) is 5.26. The summed E-state index contributed by atoms with van der Waals surface area (Å²) in [4.78, 5) is 26.0. The van der Waals surface area contributed by atoms with E-state index in [-0.39, 0.29) is 23.8 Å². The van der Waals surface area contributed by atoms with E-state index in [0.717, 1.165) is 21.6 Å². The molecule has 0 saturated heterocycles. The van der Waals surface area contributed by atoms with E-state index >= 15 is 0 Å². The second-order valence-electron chi connectivity index (χ2n) is 6.36. The van der Waals surface area contributed by atoms with Crippen LogP contribution in [0, 0.1) is 20.8 Å². The molecular weight excluding hydrogens is 354 g/mol. The lowest BCUT2D eigenvalue weighted by Gasteiger charge is -2.19. The highest BCUT2D eigenvalue weighted by atomic mass is 19.3. The third-order valence-corrected chi connectivity index (χ3v) is 4.00. The van der Waals surface area contributed by atoms with Crippen molar-refractivity contribution < 1.29 is 23.1 Å². The normalized spacial score (nSPS) is 10.6. The zero-order valence-electron chi connectivity index (χ0n) is 15.7. The Labute approximate surface area is 156 Å². The molecule has 0 aromatic heterocycles. The van der Waals surface area contributed by atoms with Crippen molar-refractivity contribution in [3.63, 3.8) is 0 Å². The Morgan fingerprint density at radius 3 is 2.30 bits per heavy atom. The lowest BCUT2D eigenvalue weighted by atomic mass is 10.1. The van der Waals surface area contributed by atoms with Crippen molar-refractivity contribution in [2.75, 3.05) is 18.9 Å². The average molecular weight is 376 g/mol. The maximum absolute atomic E-state index is 12.5. The van der Waals surface area contributed by atoms with E-state index in [1.165, 1.54) is 25.2 Å². The Kier molecular flexibility index (Phi) is 6.50. The maximum atomic E-state index is 12.5. The molecule has 7 heteroatoms. The minimum absolute atomic E-state index is 0.0317. The highest BCUT2D eigenvalue weighted by molar-refractivity contribution is 6.01. The molecule has 0 aliphatic rings. The topological polar surface area (TPSA) is 58.6 Å². The van der Waals surface area contributed by atoms with Crippen LogP contribution in [0.2, 0.25) is 0 Å². The number of nitrogens with one attached hydrogen (secondary N) is 1. The zero-order chi connectivity index (χ0) is 20.1. The standard InChI is InChI=1S/C20H22F2N2O3/c1-12-9-13(2)18(14(3)10-12)23-17(25)11-24(4)19(26)15-7-5-6-8-16(15)27-20(21)22/h5-10,20H,11H2,1-4H3,(H,23,25). The molecule has 0 heterocycles. The number of anilines is 1. The number of rotatable bonds is 6. The molecular formula is C20H22F2N2O3. The van der Waals surface area contributed by atoms with Gasteiger partial charge in [-0.3, -0.25) is 9.59 Å². The van der Waals surface area contributed by atoms with Gasteiger partial charge in [-0.25, -0.2) is 0 Å². The minimum Gasteiger partial charge on any atom is -0.434 e. The number of hydrogen-bond donors (Lipinski definition) is 1. The monoisotopic (exact) mass is 376 g/mol. The molecule has 0 saturated carbocycles. The third-order valence-electron chi connectivity index (χ3n) is 4.00. The summed E-state index contributed by atoms with van der Waals surface area (Å²) in [6.07, 6.45) is 0. The summed E-state index contributed by atoms with van der Waals surface area (Å²) in [7, 11) is 1.43. The molecule has 0 radical (unpaired) electrons. The first-order chi connectivity index (χ1) is 12.7. The van der Waals surface area contributed by atoms with E-state index in [4.69, 9.17) is 0 Å². The number of para-hydroxylation sites is 1. The van der Waals surface area contributed by atoms with Gasteiger partial charge in [-0.1, -0.05) is 29.8 Å². The number of alkyl halides is 2. The summed E-state index contributed by atoms with van der Waals surface area (Å²) in [5, 5.41) is 2.81. The number of carbonyl (C=O) groups is 2. The van der Waals surface area contributed by atoms with Crippen LogP contribution in [0.25, 0.3) is 0 Å². The van der Waals surface area contributed by atoms with E-state index in [1.54, 1.807) is 6.07 Å². The second kappa shape index (κ2) is 8.62. The number of ether oxygens (including phenoxy) is 1. The van der Waals surface area contributed by atoms with Crippen molar-refractivity contribution in [3.8, 4) is 5.75 Å². The molecule has 0 aliphatic heterocycles. The first-order valence-electron chi connectivity index (χ1n) is 8.36. The molecule has 1 N–H and O–H groups in total. The van der Waals surface area contributed by atoms with Gasteiger partial charge in [0, 0.05) is 12.7 Å². The number of aryl methyl sites for hydroxylation is 3. The highest BCUT2D eigenvalue weighted by Crippen LogP contribution is 2.23. The van der Waals surface area contributed by atoms with Crippen molar-refractivity contribution in [1.29, 1.82) is 0 Å². The van der Waals surface area contributed by atoms with Crippen LogP contribution in [0.5, 0.6) is 5.75 Å². The van der Waals surface area contributed by atoms with Crippen LogP contribution in [-0.2, 0) is 4.79 Å². The lowest BCUT2D eigenvalue weighted by molar-refractivity contribution is -0.116. The van der Waals surface area contributed by atoms with Crippen molar-refractivity contribution in [2.45, 2.75) is 27.4 Å². The number of benzene rings is 2. The van der Waals surface area contributed by atoms with Gasteiger partial charge in [0.1, 0.15) is 5.75 Å². The summed E-state index contributed by atoms with van der Waals surface area (Å²) >= 11 is 0. The van der Waals surface area contributed by atoms with Gasteiger partial charge in [-0.2, -0.15) is 8.78 Å². The van der Waals surface area contributed by atoms with Crippen molar-refractivity contribution in [2.24, 2.45) is 0 Å². The Bertz CT molecular complexity index is 830. The predicted octanol–water partition coefficient (Wildman–Crippen LogP) is 3.92. The van der Waals surface area contributed by atoms with Crippen LogP contribution in [0.15, 0.2) is 36.4 Å². The number of halogens is 2. The molecule has 0 bridgehead atoms. The number of hydrogen-bond acceptors (Lipinski definition) is 3. The van der Waals surface area contributed by atoms with Gasteiger partial charge in [-0.05, 0) is 44.0 Å². The van der Waals surface area contributed by atoms with E-state index in [9.17, 15) is 18.4 Å². The molecule has 2 amide bonds. The molecule has 144 valence electrons. The summed E-state index contributed by atoms with van der Waals surface area (Å²) < 4.78 is 29.4. The second-order valence-corrected chi connectivity index (χ2v) is 6.36. The lowest BCUT2D eigenvalue weighted by Crippen LogP contribution is -2.35. The Balaban J connectivity index is 2.10. The summed E-state index contributed by atoms with van der Waals surface area (Å²) in [6, 6.07) is 9.60. The fourth-order valence-corrected chi connectivity index (χ4v) is 2.89. The van der Waals surface area contributed by atoms with E-state index < -0.39 is 12.5 Å². The fourth-order valence-electron chi connectivity index (χ4n) is 2.89. The zero-order valence-corrected chi connectivity index (χ0v) is 15.7. The first-order valence-corrected chi connectivity index (χ1v) is 8.36.